The molecular formula is C20H11ClF13NO3S. The average molecular weight is 628 g/mol. The molecule has 0 spiro atoms. The van der Waals surface area contributed by atoms with Gasteiger partial charge >= 0.3 is 36.5 Å². The second-order valence-corrected chi connectivity index (χ2v) is 8.71. The number of anilines is 1. The zero-order chi connectivity index (χ0) is 30.1. The van der Waals surface area contributed by atoms with Gasteiger partial charge in [-0.1, -0.05) is 23.7 Å². The second kappa shape index (κ2) is 11.2. The van der Waals surface area contributed by atoms with E-state index in [9.17, 15) is 61.9 Å². The van der Waals surface area contributed by atoms with E-state index in [1.807, 2.05) is 10.1 Å². The molecule has 1 N–H and O–H groups in total. The second-order valence-electron chi connectivity index (χ2n) is 7.22. The van der Waals surface area contributed by atoms with Gasteiger partial charge in [0.25, 0.3) is 0 Å². The highest BCUT2D eigenvalue weighted by Crippen LogP contribution is 2.54. The summed E-state index contributed by atoms with van der Waals surface area (Å²) in [4.78, 5) is 12.6. The Kier molecular flexibility index (Phi) is 9.42. The van der Waals surface area contributed by atoms with Crippen LogP contribution in [0.5, 0.6) is 0 Å². The van der Waals surface area contributed by atoms with Gasteiger partial charge < -0.3 is 5.32 Å². The number of rotatable bonds is 11. The van der Waals surface area contributed by atoms with Crippen LogP contribution in [0, 0.1) is 0 Å². The summed E-state index contributed by atoms with van der Waals surface area (Å²) in [5.74, 6) is -14.7. The first-order valence-corrected chi connectivity index (χ1v) is 11.0. The fourth-order valence-corrected chi connectivity index (χ4v) is 3.33. The van der Waals surface area contributed by atoms with Gasteiger partial charge in [0, 0.05) is 21.2 Å². The van der Waals surface area contributed by atoms with Crippen LogP contribution < -0.4 is 5.32 Å². The Bertz CT molecular complexity index is 1160. The molecule has 19 heteroatoms. The highest BCUT2D eigenvalue weighted by atomic mass is 35.5. The molecule has 0 bridgehead atoms. The van der Waals surface area contributed by atoms with Crippen molar-refractivity contribution < 1.29 is 71.3 Å². The maximum Gasteiger partial charge on any atom is 0.527 e. The summed E-state index contributed by atoms with van der Waals surface area (Å²) in [6.45, 7) is 0. The van der Waals surface area contributed by atoms with Crippen LogP contribution in [-0.2, 0) is 20.2 Å². The van der Waals surface area contributed by atoms with Gasteiger partial charge in [0.15, 0.2) is 0 Å². The van der Waals surface area contributed by atoms with Gasteiger partial charge in [-0.2, -0.15) is 43.9 Å². The molecule has 0 aliphatic carbocycles. The molecule has 0 unspecified atom stereocenters. The number of alkyl halides is 13. The minimum Gasteiger partial charge on any atom is -0.325 e. The smallest absolute Gasteiger partial charge is 0.325 e. The zero-order valence-electron chi connectivity index (χ0n) is 18.3. The van der Waals surface area contributed by atoms with Gasteiger partial charge in [-0.05, 0) is 36.4 Å². The van der Waals surface area contributed by atoms with Crippen LogP contribution in [-0.4, -0.2) is 42.3 Å². The Morgan fingerprint density at radius 1 is 0.769 bits per heavy atom. The molecule has 0 fully saturated rings. The number of hydrogen-bond donors (Lipinski definition) is 1. The Morgan fingerprint density at radius 3 is 1.85 bits per heavy atom. The van der Waals surface area contributed by atoms with Crippen molar-refractivity contribution in [1.29, 1.82) is 0 Å². The van der Waals surface area contributed by atoms with Crippen LogP contribution in [0.3, 0.4) is 0 Å². The minimum absolute atomic E-state index is 0.0970. The molecule has 2 aromatic carbocycles. The van der Waals surface area contributed by atoms with Crippen molar-refractivity contribution in [2.24, 2.45) is 0 Å². The zero-order valence-corrected chi connectivity index (χ0v) is 19.8. The largest absolute Gasteiger partial charge is 0.527 e. The van der Waals surface area contributed by atoms with E-state index in [2.05, 4.69) is 0 Å². The van der Waals surface area contributed by atoms with E-state index in [1.165, 1.54) is 24.3 Å². The normalized spacial score (nSPS) is 13.9. The van der Waals surface area contributed by atoms with E-state index < -0.39 is 53.7 Å². The maximum atomic E-state index is 14.4. The lowest BCUT2D eigenvalue weighted by Crippen LogP contribution is -2.61. The summed E-state index contributed by atoms with van der Waals surface area (Å²) in [6.07, 6.45) is -28.0. The van der Waals surface area contributed by atoms with Crippen molar-refractivity contribution in [3.8, 4) is 0 Å². The van der Waals surface area contributed by atoms with E-state index in [-0.39, 0.29) is 17.9 Å². The number of ether oxygens (including phenoxy) is 2. The summed E-state index contributed by atoms with van der Waals surface area (Å²) in [5.41, 5.74) is -2.56. The number of amides is 1. The molecule has 0 aromatic heterocycles. The lowest BCUT2D eigenvalue weighted by atomic mass is 10.1. The fraction of sp³-hybridized carbons (Fsp3) is 0.350. The molecule has 4 nitrogen and oxygen atoms in total. The number of nitrogens with one attached hydrogen (secondary N) is 1. The highest BCUT2D eigenvalue weighted by Gasteiger charge is 2.80. The van der Waals surface area contributed by atoms with Crippen LogP contribution >= 0.6 is 23.4 Å². The monoisotopic (exact) mass is 627 g/mol. The third kappa shape index (κ3) is 7.82. The molecule has 0 saturated carbocycles. The topological polar surface area (TPSA) is 47.6 Å². The van der Waals surface area contributed by atoms with Crippen LogP contribution in [0.4, 0.5) is 62.8 Å². The molecule has 0 aliphatic heterocycles. The van der Waals surface area contributed by atoms with Crippen molar-refractivity contribution in [2.45, 2.75) is 41.4 Å². The van der Waals surface area contributed by atoms with E-state index in [0.29, 0.717) is 16.0 Å². The van der Waals surface area contributed by atoms with Crippen molar-refractivity contribution in [3.63, 3.8) is 0 Å². The van der Waals surface area contributed by atoms with Crippen LogP contribution in [0.15, 0.2) is 53.4 Å². The minimum atomic E-state index is -7.52. The van der Waals surface area contributed by atoms with Gasteiger partial charge in [-0.25, -0.2) is 9.47 Å². The van der Waals surface area contributed by atoms with Crippen LogP contribution in [0.1, 0.15) is 5.56 Å². The summed E-state index contributed by atoms with van der Waals surface area (Å²) < 4.78 is 176. The number of thioether (sulfide) groups is 1. The van der Waals surface area contributed by atoms with Crippen LogP contribution in [0.25, 0.3) is 0 Å². The lowest BCUT2D eigenvalue weighted by molar-refractivity contribution is -0.535. The predicted octanol–water partition coefficient (Wildman–Crippen LogP) is 8.13. The quantitative estimate of drug-likeness (QED) is 0.202. The third-order valence-electron chi connectivity index (χ3n) is 4.29. The number of carbonyl (C=O) groups is 1. The van der Waals surface area contributed by atoms with Gasteiger partial charge in [0.2, 0.25) is 5.91 Å². The van der Waals surface area contributed by atoms with Gasteiger partial charge in [0.05, 0.1) is 5.75 Å². The van der Waals surface area contributed by atoms with E-state index in [1.54, 1.807) is 4.74 Å². The average Bonchev–Trinajstić information content (AvgIpc) is 2.76. The molecule has 2 aromatic rings. The predicted molar refractivity (Wildman–Crippen MR) is 109 cm³/mol. The summed E-state index contributed by atoms with van der Waals surface area (Å²) in [7, 11) is 0. The fourth-order valence-electron chi connectivity index (χ4n) is 2.51. The number of carbonyl (C=O) groups excluding carboxylic acids is 1. The third-order valence-corrected chi connectivity index (χ3v) is 5.55. The van der Waals surface area contributed by atoms with Crippen molar-refractivity contribution in [3.05, 3.63) is 59.1 Å². The summed E-state index contributed by atoms with van der Waals surface area (Å²) >= 11 is 6.62. The molecular weight excluding hydrogens is 617 g/mol. The number of halogens is 14. The van der Waals surface area contributed by atoms with E-state index in [4.69, 9.17) is 11.6 Å². The number of benzene rings is 2. The SMILES string of the molecule is O=C(CSc1ccc(Cl)cc1)Nc1cccc(C(F)(F)C(F)(F)OC(F)(F)C(F)(F)C(F)(F)OC(F)(F)F)c1. The Balaban J connectivity index is 2.21. The Hall–Kier alpha value is -2.44. The van der Waals surface area contributed by atoms with E-state index in [0.717, 1.165) is 17.8 Å². The summed E-state index contributed by atoms with van der Waals surface area (Å²) in [5, 5.41) is 2.39. The highest BCUT2D eigenvalue weighted by molar-refractivity contribution is 8.00. The molecule has 0 saturated heterocycles. The molecule has 0 atom stereocenters. The molecule has 0 radical (unpaired) electrons. The van der Waals surface area contributed by atoms with Crippen molar-refractivity contribution >= 4 is 35.0 Å². The Morgan fingerprint density at radius 2 is 1.31 bits per heavy atom. The molecule has 1 amide bonds. The van der Waals surface area contributed by atoms with Crippen molar-refractivity contribution in [2.75, 3.05) is 11.1 Å². The molecule has 2 rings (SSSR count). The first-order chi connectivity index (χ1) is 17.5. The van der Waals surface area contributed by atoms with Crippen LogP contribution in [0.2, 0.25) is 5.02 Å². The molecule has 0 aliphatic rings. The molecule has 39 heavy (non-hydrogen) atoms. The van der Waals surface area contributed by atoms with Gasteiger partial charge in [0.1, 0.15) is 0 Å². The van der Waals surface area contributed by atoms with E-state index >= 15 is 0 Å². The number of hydrogen-bond acceptors (Lipinski definition) is 4. The Labute approximate surface area is 218 Å². The first-order valence-electron chi connectivity index (χ1n) is 9.66. The first kappa shape index (κ1) is 32.8. The summed E-state index contributed by atoms with van der Waals surface area (Å²) in [6, 6.07) is 7.73. The van der Waals surface area contributed by atoms with Crippen molar-refractivity contribution in [1.82, 2.24) is 0 Å². The standard InChI is InChI=1S/C20H11ClF13NO3S/c21-11-4-6-13(7-5-11)39-9-14(36)35-12-3-1-2-10(8-12)15(22,23)17(26,27)37-18(28,29)16(24,25)19(30,31)38-20(32,33)34/h1-8H,9H2,(H,35,36). The lowest BCUT2D eigenvalue weighted by Gasteiger charge is -2.35. The molecule has 218 valence electrons. The molecule has 0 heterocycles. The van der Waals surface area contributed by atoms with Gasteiger partial charge in [-0.3, -0.25) is 4.79 Å². The maximum absolute atomic E-state index is 14.4. The van der Waals surface area contributed by atoms with Gasteiger partial charge in [-0.15, -0.1) is 24.9 Å².